The Morgan fingerprint density at radius 1 is 1.14 bits per heavy atom. The molecular formula is C4H2F6N4. The molecule has 0 aromatic carbocycles. The van der Waals surface area contributed by atoms with Crippen LogP contribution in [0.2, 0.25) is 0 Å². The highest BCUT2D eigenvalue weighted by atomic mass is 19.4. The Morgan fingerprint density at radius 3 is 2.00 bits per heavy atom. The lowest BCUT2D eigenvalue weighted by Crippen LogP contribution is -2.46. The van der Waals surface area contributed by atoms with Crippen LogP contribution < -0.4 is 5.53 Å². The molecule has 1 rings (SSSR count). The summed E-state index contributed by atoms with van der Waals surface area (Å²) in [6, 6.07) is 0. The third kappa shape index (κ3) is 2.26. The van der Waals surface area contributed by atoms with Crippen molar-refractivity contribution in [2.24, 2.45) is 10.2 Å². The number of alkyl halides is 6. The van der Waals surface area contributed by atoms with Crippen LogP contribution in [0.4, 0.5) is 26.3 Å². The Morgan fingerprint density at radius 2 is 1.71 bits per heavy atom. The molecule has 4 nitrogen and oxygen atoms in total. The second-order valence-corrected chi connectivity index (χ2v) is 2.12. The Balaban J connectivity index is 2.72. The average molecular weight is 220 g/mol. The normalized spacial score (nSPS) is 17.9. The van der Waals surface area contributed by atoms with Gasteiger partial charge in [-0.1, -0.05) is 5.12 Å². The minimum Gasteiger partial charge on any atom is -0.194 e. The first-order valence-electron chi connectivity index (χ1n) is 3.03. The number of nitrogens with zero attached hydrogens (tertiary/aromatic N) is 3. The summed E-state index contributed by atoms with van der Waals surface area (Å²) in [7, 11) is 0. The van der Waals surface area contributed by atoms with Crippen LogP contribution >= 0.6 is 0 Å². The van der Waals surface area contributed by atoms with E-state index in [2.05, 4.69) is 10.2 Å². The number of rotatable bonds is 0. The summed E-state index contributed by atoms with van der Waals surface area (Å²) in [6.45, 7) is 0. The van der Waals surface area contributed by atoms with Crippen LogP contribution in [0, 0.1) is 0 Å². The zero-order valence-electron chi connectivity index (χ0n) is 6.19. The van der Waals surface area contributed by atoms with Crippen molar-refractivity contribution >= 4 is 11.9 Å². The van der Waals surface area contributed by atoms with Crippen LogP contribution in [-0.2, 0) is 0 Å². The molecule has 0 atom stereocenters. The first-order valence-corrected chi connectivity index (χ1v) is 3.03. The molecule has 1 heterocycles. The van der Waals surface area contributed by atoms with E-state index in [1.54, 1.807) is 0 Å². The molecule has 0 saturated carbocycles. The predicted molar refractivity (Wildman–Crippen MR) is 33.0 cm³/mol. The quantitative estimate of drug-likeness (QED) is 0.492. The molecule has 1 aliphatic heterocycles. The smallest absolute Gasteiger partial charge is 0.194 e. The minimum atomic E-state index is -4.92. The molecule has 1 aliphatic rings. The summed E-state index contributed by atoms with van der Waals surface area (Å²) >= 11 is 0. The van der Waals surface area contributed by atoms with Gasteiger partial charge in [-0.05, 0) is 0 Å². The molecule has 0 aliphatic carbocycles. The number of halogens is 6. The molecule has 0 spiro atoms. The van der Waals surface area contributed by atoms with E-state index in [1.165, 1.54) is 0 Å². The Bertz CT molecular complexity index is 275. The SMILES string of the molecule is FC(F)(F)C1=NNN(C(F)(F)F)N=C1. The third-order valence-electron chi connectivity index (χ3n) is 1.09. The van der Waals surface area contributed by atoms with Crippen molar-refractivity contribution in [3.05, 3.63) is 0 Å². The number of hydrazone groups is 2. The minimum absolute atomic E-state index is 0.0238. The van der Waals surface area contributed by atoms with Gasteiger partial charge in [0.2, 0.25) is 0 Å². The van der Waals surface area contributed by atoms with Gasteiger partial charge in [0.1, 0.15) is 0 Å². The van der Waals surface area contributed by atoms with Gasteiger partial charge >= 0.3 is 12.5 Å². The van der Waals surface area contributed by atoms with E-state index in [-0.39, 0.29) is 6.21 Å². The molecule has 0 amide bonds. The lowest BCUT2D eigenvalue weighted by atomic mass is 10.4. The molecule has 0 radical (unpaired) electrons. The number of nitrogens with one attached hydrogen (secondary N) is 1. The van der Waals surface area contributed by atoms with Gasteiger partial charge in [0.25, 0.3) is 0 Å². The van der Waals surface area contributed by atoms with Crippen molar-refractivity contribution in [2.75, 3.05) is 0 Å². The van der Waals surface area contributed by atoms with Crippen molar-refractivity contribution in [1.82, 2.24) is 10.7 Å². The van der Waals surface area contributed by atoms with Crippen molar-refractivity contribution in [1.29, 1.82) is 0 Å². The van der Waals surface area contributed by atoms with E-state index >= 15 is 0 Å². The number of hydrazine groups is 1. The molecule has 0 saturated heterocycles. The highest BCUT2D eigenvalue weighted by Gasteiger charge is 2.42. The van der Waals surface area contributed by atoms with Crippen LogP contribution in [0.1, 0.15) is 0 Å². The zero-order chi connectivity index (χ0) is 11.0. The molecule has 0 aromatic heterocycles. The fourth-order valence-electron chi connectivity index (χ4n) is 0.527. The average Bonchev–Trinajstić information content (AvgIpc) is 2.01. The largest absolute Gasteiger partial charge is 0.520 e. The van der Waals surface area contributed by atoms with Crippen molar-refractivity contribution < 1.29 is 26.3 Å². The Labute approximate surface area is 72.8 Å². The van der Waals surface area contributed by atoms with Gasteiger partial charge in [-0.2, -0.15) is 28.9 Å². The number of hydrogen-bond donors (Lipinski definition) is 1. The summed E-state index contributed by atoms with van der Waals surface area (Å²) in [5.41, 5.74) is -0.436. The van der Waals surface area contributed by atoms with Gasteiger partial charge in [0.05, 0.1) is 6.21 Å². The zero-order valence-corrected chi connectivity index (χ0v) is 6.19. The molecule has 14 heavy (non-hydrogen) atoms. The van der Waals surface area contributed by atoms with E-state index in [0.717, 1.165) is 5.53 Å². The van der Waals surface area contributed by atoms with Crippen LogP contribution in [0.5, 0.6) is 0 Å². The maximum absolute atomic E-state index is 11.8. The highest BCUT2D eigenvalue weighted by molar-refractivity contribution is 6.33. The first kappa shape index (κ1) is 10.6. The summed E-state index contributed by atoms with van der Waals surface area (Å²) in [5, 5.41) is 4.17. The van der Waals surface area contributed by atoms with E-state index in [1.807, 2.05) is 0 Å². The first-order chi connectivity index (χ1) is 6.21. The van der Waals surface area contributed by atoms with Gasteiger partial charge in [-0.15, -0.1) is 13.2 Å². The molecule has 1 N–H and O–H groups in total. The Hall–Kier alpha value is -1.48. The second-order valence-electron chi connectivity index (χ2n) is 2.12. The highest BCUT2D eigenvalue weighted by Crippen LogP contribution is 2.22. The molecule has 0 aromatic rings. The van der Waals surface area contributed by atoms with E-state index in [4.69, 9.17) is 0 Å². The van der Waals surface area contributed by atoms with Gasteiger partial charge in [0.15, 0.2) is 5.71 Å². The fourth-order valence-corrected chi connectivity index (χ4v) is 0.527. The molecular weight excluding hydrogens is 218 g/mol. The molecule has 0 unspecified atom stereocenters. The van der Waals surface area contributed by atoms with Gasteiger partial charge < -0.3 is 0 Å². The third-order valence-corrected chi connectivity index (χ3v) is 1.09. The molecule has 10 heteroatoms. The summed E-state index contributed by atoms with van der Waals surface area (Å²) in [6.07, 6.45) is -9.77. The fraction of sp³-hybridized carbons (Fsp3) is 0.500. The monoisotopic (exact) mass is 220 g/mol. The lowest BCUT2D eigenvalue weighted by Gasteiger charge is -2.23. The topological polar surface area (TPSA) is 40.0 Å². The summed E-state index contributed by atoms with van der Waals surface area (Å²) in [4.78, 5) is 0. The van der Waals surface area contributed by atoms with Gasteiger partial charge in [0, 0.05) is 0 Å². The molecule has 0 fully saturated rings. The van der Waals surface area contributed by atoms with Crippen molar-refractivity contribution in [3.8, 4) is 0 Å². The van der Waals surface area contributed by atoms with E-state index in [0.29, 0.717) is 0 Å². The molecule has 0 bridgehead atoms. The van der Waals surface area contributed by atoms with Crippen LogP contribution in [0.25, 0.3) is 0 Å². The second kappa shape index (κ2) is 3.03. The maximum atomic E-state index is 11.8. The molecule has 80 valence electrons. The van der Waals surface area contributed by atoms with Gasteiger partial charge in [-0.25, -0.2) is 0 Å². The van der Waals surface area contributed by atoms with Crippen LogP contribution in [-0.4, -0.2) is 29.5 Å². The summed E-state index contributed by atoms with van der Waals surface area (Å²) < 4.78 is 70.7. The maximum Gasteiger partial charge on any atom is 0.520 e. The van der Waals surface area contributed by atoms with E-state index in [9.17, 15) is 26.3 Å². The van der Waals surface area contributed by atoms with Gasteiger partial charge in [-0.3, -0.25) is 0 Å². The van der Waals surface area contributed by atoms with Crippen LogP contribution in [0.3, 0.4) is 0 Å². The van der Waals surface area contributed by atoms with Crippen LogP contribution in [0.15, 0.2) is 10.2 Å². The van der Waals surface area contributed by atoms with E-state index < -0.39 is 23.3 Å². The Kier molecular flexibility index (Phi) is 2.29. The number of hydrogen-bond acceptors (Lipinski definition) is 4. The van der Waals surface area contributed by atoms with Crippen molar-refractivity contribution in [2.45, 2.75) is 12.5 Å². The standard InChI is InChI=1S/C4H2F6N4/c5-3(6,7)2-1-11-14(13-12-2)4(8,9)10/h1,13H. The lowest BCUT2D eigenvalue weighted by molar-refractivity contribution is -0.265. The predicted octanol–water partition coefficient (Wildman–Crippen LogP) is 1.23. The summed E-state index contributed by atoms with van der Waals surface area (Å²) in [5.74, 6) is 0. The van der Waals surface area contributed by atoms with Crippen molar-refractivity contribution in [3.63, 3.8) is 0 Å².